The summed E-state index contributed by atoms with van der Waals surface area (Å²) in [5.74, 6) is 0.343. The first-order valence-electron chi connectivity index (χ1n) is 7.04. The normalized spacial score (nSPS) is 15.8. The second kappa shape index (κ2) is 7.71. The van der Waals surface area contributed by atoms with Gasteiger partial charge in [-0.2, -0.15) is 0 Å². The molecule has 4 nitrogen and oxygen atoms in total. The predicted molar refractivity (Wildman–Crippen MR) is 86.1 cm³/mol. The Labute approximate surface area is 135 Å². The predicted octanol–water partition coefficient (Wildman–Crippen LogP) is 2.33. The number of alkyl halides is 1. The molecule has 2 amide bonds. The molecule has 6 heteroatoms. The van der Waals surface area contributed by atoms with Crippen molar-refractivity contribution in [3.63, 3.8) is 0 Å². The van der Waals surface area contributed by atoms with Crippen LogP contribution in [0.25, 0.3) is 0 Å². The van der Waals surface area contributed by atoms with Gasteiger partial charge in [-0.15, -0.1) is 24.2 Å². The van der Waals surface area contributed by atoms with Gasteiger partial charge in [0, 0.05) is 36.3 Å². The summed E-state index contributed by atoms with van der Waals surface area (Å²) in [6, 6.07) is 7.33. The highest BCUT2D eigenvalue weighted by molar-refractivity contribution is 7.80. The number of benzene rings is 1. The zero-order chi connectivity index (χ0) is 15.2. The molecule has 0 spiro atoms. The minimum absolute atomic E-state index is 0.0930. The summed E-state index contributed by atoms with van der Waals surface area (Å²) in [5.41, 5.74) is 0.585. The Kier molecular flexibility index (Phi) is 5.94. The van der Waals surface area contributed by atoms with Gasteiger partial charge in [0.05, 0.1) is 5.56 Å². The molecule has 1 aliphatic heterocycles. The first kappa shape index (κ1) is 16.2. The molecule has 1 fully saturated rings. The van der Waals surface area contributed by atoms with Gasteiger partial charge in [0.15, 0.2) is 0 Å². The number of carbonyl (C=O) groups is 2. The van der Waals surface area contributed by atoms with Crippen LogP contribution in [0.3, 0.4) is 0 Å². The van der Waals surface area contributed by atoms with E-state index in [1.165, 1.54) is 0 Å². The number of rotatable bonds is 4. The van der Waals surface area contributed by atoms with Gasteiger partial charge < -0.3 is 10.2 Å². The van der Waals surface area contributed by atoms with E-state index >= 15 is 0 Å². The summed E-state index contributed by atoms with van der Waals surface area (Å²) in [5, 5.41) is 3.02. The lowest BCUT2D eigenvalue weighted by Crippen LogP contribution is -2.46. The lowest BCUT2D eigenvalue weighted by atomic mass is 10.0. The number of thiol groups is 1. The van der Waals surface area contributed by atoms with Crippen LogP contribution in [0.1, 0.15) is 29.6 Å². The first-order valence-corrected chi connectivity index (χ1v) is 8.02. The maximum Gasteiger partial charge on any atom is 0.252 e. The number of halogens is 1. The Morgan fingerprint density at radius 1 is 1.29 bits per heavy atom. The molecular formula is C15H19ClN2O2S. The zero-order valence-electron chi connectivity index (χ0n) is 11.7. The highest BCUT2D eigenvalue weighted by Gasteiger charge is 2.24. The van der Waals surface area contributed by atoms with E-state index < -0.39 is 0 Å². The Bertz CT molecular complexity index is 516. The number of amides is 2. The number of nitrogens with zero attached hydrogens (tertiary/aromatic N) is 1. The molecule has 0 unspecified atom stereocenters. The standard InChI is InChI=1S/C15H19ClN2O2S/c16-8-5-14(19)18-9-6-11(7-10-18)17-15(20)12-3-1-2-4-13(12)21/h1-4,11,21H,5-10H2,(H,17,20). The maximum atomic E-state index is 12.2. The van der Waals surface area contributed by atoms with E-state index in [-0.39, 0.29) is 17.9 Å². The van der Waals surface area contributed by atoms with E-state index in [9.17, 15) is 9.59 Å². The van der Waals surface area contributed by atoms with Gasteiger partial charge in [-0.25, -0.2) is 0 Å². The Morgan fingerprint density at radius 2 is 1.95 bits per heavy atom. The van der Waals surface area contributed by atoms with E-state index in [0.29, 0.717) is 35.8 Å². The Morgan fingerprint density at radius 3 is 2.57 bits per heavy atom. The fourth-order valence-electron chi connectivity index (χ4n) is 2.44. The van der Waals surface area contributed by atoms with Crippen molar-refractivity contribution >= 4 is 36.0 Å². The van der Waals surface area contributed by atoms with Gasteiger partial charge in [-0.05, 0) is 25.0 Å². The Hall–Kier alpha value is -1.20. The fraction of sp³-hybridized carbons (Fsp3) is 0.467. The van der Waals surface area contributed by atoms with Crippen molar-refractivity contribution in [1.82, 2.24) is 10.2 Å². The quantitative estimate of drug-likeness (QED) is 0.659. The van der Waals surface area contributed by atoms with Gasteiger partial charge in [0.2, 0.25) is 5.91 Å². The van der Waals surface area contributed by atoms with Crippen LogP contribution in [0, 0.1) is 0 Å². The largest absolute Gasteiger partial charge is 0.349 e. The molecule has 1 heterocycles. The number of piperidine rings is 1. The monoisotopic (exact) mass is 326 g/mol. The smallest absolute Gasteiger partial charge is 0.252 e. The molecule has 1 aromatic carbocycles. The minimum Gasteiger partial charge on any atom is -0.349 e. The third-order valence-corrected chi connectivity index (χ3v) is 4.22. The van der Waals surface area contributed by atoms with Crippen LogP contribution in [-0.2, 0) is 4.79 Å². The average Bonchev–Trinajstić information content (AvgIpc) is 2.48. The van der Waals surface area contributed by atoms with Crippen LogP contribution in [0.2, 0.25) is 0 Å². The number of carbonyl (C=O) groups excluding carboxylic acids is 2. The molecule has 1 N–H and O–H groups in total. The molecule has 1 aliphatic rings. The first-order chi connectivity index (χ1) is 10.1. The molecule has 1 saturated heterocycles. The third kappa shape index (κ3) is 4.38. The molecule has 0 atom stereocenters. The van der Waals surface area contributed by atoms with Crippen molar-refractivity contribution < 1.29 is 9.59 Å². The molecule has 0 radical (unpaired) electrons. The Balaban J connectivity index is 1.85. The van der Waals surface area contributed by atoms with E-state index in [1.807, 2.05) is 17.0 Å². The van der Waals surface area contributed by atoms with Crippen molar-refractivity contribution in [2.24, 2.45) is 0 Å². The van der Waals surface area contributed by atoms with Crippen molar-refractivity contribution in [2.75, 3.05) is 19.0 Å². The van der Waals surface area contributed by atoms with Crippen LogP contribution >= 0.6 is 24.2 Å². The molecule has 114 valence electrons. The lowest BCUT2D eigenvalue weighted by Gasteiger charge is -2.32. The molecular weight excluding hydrogens is 308 g/mol. The van der Waals surface area contributed by atoms with Gasteiger partial charge >= 0.3 is 0 Å². The van der Waals surface area contributed by atoms with Crippen LogP contribution in [0.4, 0.5) is 0 Å². The number of likely N-dealkylation sites (tertiary alicyclic amines) is 1. The fourth-order valence-corrected chi connectivity index (χ4v) is 2.86. The summed E-state index contributed by atoms with van der Waals surface area (Å²) >= 11 is 9.88. The molecule has 21 heavy (non-hydrogen) atoms. The van der Waals surface area contributed by atoms with E-state index in [4.69, 9.17) is 11.6 Å². The molecule has 2 rings (SSSR count). The van der Waals surface area contributed by atoms with Crippen molar-refractivity contribution in [3.8, 4) is 0 Å². The minimum atomic E-state index is -0.105. The number of nitrogens with one attached hydrogen (secondary N) is 1. The second-order valence-corrected chi connectivity index (χ2v) is 5.94. The van der Waals surface area contributed by atoms with Crippen LogP contribution in [-0.4, -0.2) is 41.7 Å². The SMILES string of the molecule is O=C(NC1CCN(C(=O)CCCl)CC1)c1ccccc1S. The molecule has 0 aliphatic carbocycles. The van der Waals surface area contributed by atoms with Crippen molar-refractivity contribution in [3.05, 3.63) is 29.8 Å². The zero-order valence-corrected chi connectivity index (χ0v) is 13.4. The highest BCUT2D eigenvalue weighted by Crippen LogP contribution is 2.16. The summed E-state index contributed by atoms with van der Waals surface area (Å²) in [4.78, 5) is 26.4. The molecule has 0 aromatic heterocycles. The highest BCUT2D eigenvalue weighted by atomic mass is 35.5. The van der Waals surface area contributed by atoms with Crippen LogP contribution in [0.5, 0.6) is 0 Å². The van der Waals surface area contributed by atoms with Gasteiger partial charge in [0.25, 0.3) is 5.91 Å². The maximum absolute atomic E-state index is 12.2. The second-order valence-electron chi connectivity index (χ2n) is 5.08. The third-order valence-electron chi connectivity index (χ3n) is 3.64. The summed E-state index contributed by atoms with van der Waals surface area (Å²) < 4.78 is 0. The average molecular weight is 327 g/mol. The van der Waals surface area contributed by atoms with Gasteiger partial charge in [0.1, 0.15) is 0 Å². The number of hydrogen-bond donors (Lipinski definition) is 2. The van der Waals surface area contributed by atoms with Crippen LogP contribution in [0.15, 0.2) is 29.2 Å². The summed E-state index contributed by atoms with van der Waals surface area (Å²) in [7, 11) is 0. The van der Waals surface area contributed by atoms with Crippen molar-refractivity contribution in [1.29, 1.82) is 0 Å². The molecule has 0 saturated carbocycles. The lowest BCUT2D eigenvalue weighted by molar-refractivity contribution is -0.131. The topological polar surface area (TPSA) is 49.4 Å². The van der Waals surface area contributed by atoms with Crippen molar-refractivity contribution in [2.45, 2.75) is 30.2 Å². The molecule has 0 bridgehead atoms. The van der Waals surface area contributed by atoms with E-state index in [2.05, 4.69) is 17.9 Å². The van der Waals surface area contributed by atoms with Gasteiger partial charge in [-0.3, -0.25) is 9.59 Å². The molecule has 1 aromatic rings. The van der Waals surface area contributed by atoms with E-state index in [0.717, 1.165) is 12.8 Å². The van der Waals surface area contributed by atoms with Crippen LogP contribution < -0.4 is 5.32 Å². The summed E-state index contributed by atoms with van der Waals surface area (Å²) in [6.07, 6.45) is 1.93. The van der Waals surface area contributed by atoms with E-state index in [1.54, 1.807) is 12.1 Å². The van der Waals surface area contributed by atoms with Gasteiger partial charge in [-0.1, -0.05) is 12.1 Å². The number of hydrogen-bond acceptors (Lipinski definition) is 3. The summed E-state index contributed by atoms with van der Waals surface area (Å²) in [6.45, 7) is 1.34.